The Bertz CT molecular complexity index is 342. The van der Waals surface area contributed by atoms with Crippen molar-refractivity contribution in [1.29, 1.82) is 0 Å². The second-order valence-electron chi connectivity index (χ2n) is 4.06. The van der Waals surface area contributed by atoms with E-state index in [0.717, 1.165) is 12.0 Å². The molecule has 1 rings (SSSR count). The molecule has 1 atom stereocenters. The number of carboxylic acid groups (broad SMARTS) is 1. The lowest BCUT2D eigenvalue weighted by Crippen LogP contribution is -2.38. The number of carbonyl (C=O) groups is 1. The zero-order valence-electron chi connectivity index (χ0n) is 9.94. The number of rotatable bonds is 3. The molecule has 0 radical (unpaired) electrons. The Morgan fingerprint density at radius 2 is 2.25 bits per heavy atom. The highest BCUT2D eigenvalue weighted by atomic mass is 16.4. The van der Waals surface area contributed by atoms with E-state index in [-0.39, 0.29) is 0 Å². The maximum Gasteiger partial charge on any atom is 0.320 e. The summed E-state index contributed by atoms with van der Waals surface area (Å²) < 4.78 is 0. The summed E-state index contributed by atoms with van der Waals surface area (Å²) in [6, 6.07) is -0.391. The normalized spacial score (nSPS) is 23.5. The maximum absolute atomic E-state index is 11.1. The third-order valence-corrected chi connectivity index (χ3v) is 2.95. The third-order valence-electron chi connectivity index (χ3n) is 2.95. The minimum Gasteiger partial charge on any atom is -0.480 e. The second-order valence-corrected chi connectivity index (χ2v) is 4.06. The monoisotopic (exact) mass is 221 g/mol. The zero-order valence-corrected chi connectivity index (χ0v) is 9.94. The minimum absolute atomic E-state index is 0.391. The van der Waals surface area contributed by atoms with Crippen molar-refractivity contribution in [2.75, 3.05) is 13.6 Å². The minimum atomic E-state index is -0.743. The molecule has 0 aliphatic carbocycles. The van der Waals surface area contributed by atoms with Crippen LogP contribution in [-0.2, 0) is 4.79 Å². The first-order valence-corrected chi connectivity index (χ1v) is 5.50. The van der Waals surface area contributed by atoms with Crippen LogP contribution in [0.1, 0.15) is 19.8 Å². The Labute approximate surface area is 96.8 Å². The molecule has 88 valence electrons. The number of hydrogen-bond donors (Lipinski definition) is 1. The van der Waals surface area contributed by atoms with Gasteiger partial charge in [0.2, 0.25) is 0 Å². The predicted octanol–water partition coefficient (Wildman–Crippen LogP) is 2.22. The predicted molar refractivity (Wildman–Crippen MR) is 65.3 cm³/mol. The largest absolute Gasteiger partial charge is 0.480 e. The Kier molecular flexibility index (Phi) is 4.50. The lowest BCUT2D eigenvalue weighted by atomic mass is 10.0. The first-order valence-electron chi connectivity index (χ1n) is 5.50. The highest BCUT2D eigenvalue weighted by Crippen LogP contribution is 2.23. The van der Waals surface area contributed by atoms with E-state index in [0.29, 0.717) is 13.0 Å². The van der Waals surface area contributed by atoms with Gasteiger partial charge in [0.15, 0.2) is 0 Å². The molecule has 0 aromatic rings. The van der Waals surface area contributed by atoms with Crippen molar-refractivity contribution in [3.8, 4) is 0 Å². The SMILES string of the molecule is C=CC1=C(/C=C\C)CCC(C(=O)O)N(C)C1. The Hall–Kier alpha value is -1.35. The molecule has 1 aliphatic heterocycles. The third kappa shape index (κ3) is 2.83. The summed E-state index contributed by atoms with van der Waals surface area (Å²) in [7, 11) is 1.85. The summed E-state index contributed by atoms with van der Waals surface area (Å²) in [6.45, 7) is 6.42. The average Bonchev–Trinajstić information content (AvgIpc) is 2.38. The average molecular weight is 221 g/mol. The molecule has 1 N–H and O–H groups in total. The fraction of sp³-hybridized carbons (Fsp3) is 0.462. The maximum atomic E-state index is 11.1. The van der Waals surface area contributed by atoms with Gasteiger partial charge in [0.1, 0.15) is 6.04 Å². The number of carboxylic acids is 1. The Morgan fingerprint density at radius 1 is 1.56 bits per heavy atom. The smallest absolute Gasteiger partial charge is 0.320 e. The highest BCUT2D eigenvalue weighted by Gasteiger charge is 2.25. The van der Waals surface area contributed by atoms with Crippen LogP contribution in [0.4, 0.5) is 0 Å². The molecular weight excluding hydrogens is 202 g/mol. The van der Waals surface area contributed by atoms with Gasteiger partial charge < -0.3 is 5.11 Å². The lowest BCUT2D eigenvalue weighted by molar-refractivity contribution is -0.142. The van der Waals surface area contributed by atoms with Crippen LogP contribution in [0.5, 0.6) is 0 Å². The molecule has 0 spiro atoms. The van der Waals surface area contributed by atoms with E-state index in [4.69, 9.17) is 5.11 Å². The molecule has 0 amide bonds. The quantitative estimate of drug-likeness (QED) is 0.794. The number of hydrogen-bond acceptors (Lipinski definition) is 2. The second kappa shape index (κ2) is 5.66. The summed E-state index contributed by atoms with van der Waals surface area (Å²) in [5, 5.41) is 9.10. The summed E-state index contributed by atoms with van der Waals surface area (Å²) in [4.78, 5) is 12.9. The van der Waals surface area contributed by atoms with E-state index in [2.05, 4.69) is 12.7 Å². The van der Waals surface area contributed by atoms with Gasteiger partial charge in [-0.05, 0) is 38.0 Å². The van der Waals surface area contributed by atoms with E-state index < -0.39 is 12.0 Å². The summed E-state index contributed by atoms with van der Waals surface area (Å²) >= 11 is 0. The van der Waals surface area contributed by atoms with Gasteiger partial charge >= 0.3 is 5.97 Å². The van der Waals surface area contributed by atoms with Gasteiger partial charge in [0, 0.05) is 6.54 Å². The van der Waals surface area contributed by atoms with E-state index in [9.17, 15) is 4.79 Å². The van der Waals surface area contributed by atoms with E-state index in [1.165, 1.54) is 5.57 Å². The number of allylic oxidation sites excluding steroid dienone is 3. The first-order chi connectivity index (χ1) is 7.60. The van der Waals surface area contributed by atoms with E-state index in [1.807, 2.05) is 31.0 Å². The molecule has 3 heteroatoms. The van der Waals surface area contributed by atoms with Crippen molar-refractivity contribution < 1.29 is 9.90 Å². The lowest BCUT2D eigenvalue weighted by Gasteiger charge is -2.21. The Balaban J connectivity index is 2.94. The molecule has 0 aromatic carbocycles. The van der Waals surface area contributed by atoms with Crippen LogP contribution in [0, 0.1) is 0 Å². The number of aliphatic carboxylic acids is 1. The number of nitrogens with zero attached hydrogens (tertiary/aromatic N) is 1. The number of likely N-dealkylation sites (N-methyl/N-ethyl adjacent to an activating group) is 1. The van der Waals surface area contributed by atoms with Crippen LogP contribution in [0.15, 0.2) is 36.0 Å². The van der Waals surface area contributed by atoms with Crippen molar-refractivity contribution >= 4 is 5.97 Å². The molecule has 0 aromatic heterocycles. The molecule has 3 nitrogen and oxygen atoms in total. The Morgan fingerprint density at radius 3 is 2.75 bits per heavy atom. The summed E-state index contributed by atoms with van der Waals surface area (Å²) in [5.74, 6) is -0.743. The van der Waals surface area contributed by atoms with Crippen molar-refractivity contribution in [3.05, 3.63) is 36.0 Å². The van der Waals surface area contributed by atoms with Gasteiger partial charge in [-0.25, -0.2) is 0 Å². The first kappa shape index (κ1) is 12.7. The van der Waals surface area contributed by atoms with Gasteiger partial charge in [-0.2, -0.15) is 0 Å². The van der Waals surface area contributed by atoms with Crippen molar-refractivity contribution in [2.24, 2.45) is 0 Å². The van der Waals surface area contributed by atoms with Crippen LogP contribution < -0.4 is 0 Å². The standard InChI is InChI=1S/C13H19NO2/c1-4-6-11-7-8-12(13(15)16)14(3)9-10(11)5-2/h4-6,12H,2,7-9H2,1,3H3,(H,15,16)/b6-4-. The molecule has 16 heavy (non-hydrogen) atoms. The van der Waals surface area contributed by atoms with Crippen molar-refractivity contribution in [3.63, 3.8) is 0 Å². The van der Waals surface area contributed by atoms with Crippen molar-refractivity contribution in [2.45, 2.75) is 25.8 Å². The molecule has 1 aliphatic rings. The van der Waals surface area contributed by atoms with Gasteiger partial charge in [-0.1, -0.05) is 24.8 Å². The molecule has 0 bridgehead atoms. The summed E-state index contributed by atoms with van der Waals surface area (Å²) in [5.41, 5.74) is 2.33. The van der Waals surface area contributed by atoms with Crippen LogP contribution in [0.3, 0.4) is 0 Å². The molecule has 0 fully saturated rings. The molecule has 1 unspecified atom stereocenters. The fourth-order valence-corrected chi connectivity index (χ4v) is 2.05. The zero-order chi connectivity index (χ0) is 12.1. The van der Waals surface area contributed by atoms with Crippen LogP contribution in [-0.4, -0.2) is 35.6 Å². The van der Waals surface area contributed by atoms with Crippen molar-refractivity contribution in [1.82, 2.24) is 4.90 Å². The van der Waals surface area contributed by atoms with Gasteiger partial charge in [-0.15, -0.1) is 0 Å². The van der Waals surface area contributed by atoms with Gasteiger partial charge in [0.25, 0.3) is 0 Å². The van der Waals surface area contributed by atoms with Crippen LogP contribution >= 0.6 is 0 Å². The highest BCUT2D eigenvalue weighted by molar-refractivity contribution is 5.73. The fourth-order valence-electron chi connectivity index (χ4n) is 2.05. The summed E-state index contributed by atoms with van der Waals surface area (Å²) in [6.07, 6.45) is 7.32. The molecular formula is C13H19NO2. The van der Waals surface area contributed by atoms with Crippen LogP contribution in [0.2, 0.25) is 0 Å². The molecule has 0 saturated heterocycles. The topological polar surface area (TPSA) is 40.5 Å². The van der Waals surface area contributed by atoms with E-state index >= 15 is 0 Å². The molecule has 0 saturated carbocycles. The van der Waals surface area contributed by atoms with Crippen LogP contribution in [0.25, 0.3) is 0 Å². The molecule has 1 heterocycles. The van der Waals surface area contributed by atoms with Gasteiger partial charge in [0.05, 0.1) is 0 Å². The van der Waals surface area contributed by atoms with E-state index in [1.54, 1.807) is 0 Å². The van der Waals surface area contributed by atoms with Gasteiger partial charge in [-0.3, -0.25) is 9.69 Å².